The van der Waals surface area contributed by atoms with E-state index in [1.165, 1.54) is 12.8 Å². The predicted molar refractivity (Wildman–Crippen MR) is 85.0 cm³/mol. The summed E-state index contributed by atoms with van der Waals surface area (Å²) in [4.78, 5) is 4.73. The van der Waals surface area contributed by atoms with Gasteiger partial charge >= 0.3 is 0 Å². The van der Waals surface area contributed by atoms with E-state index in [1.807, 2.05) is 29.4 Å². The Bertz CT molecular complexity index is 839. The van der Waals surface area contributed by atoms with E-state index >= 15 is 0 Å². The Hall–Kier alpha value is -2.43. The third-order valence-electron chi connectivity index (χ3n) is 4.08. The summed E-state index contributed by atoms with van der Waals surface area (Å²) >= 11 is 0. The minimum atomic E-state index is 0.569. The van der Waals surface area contributed by atoms with Crippen LogP contribution in [0.25, 0.3) is 17.1 Å². The topological polar surface area (TPSA) is 48.5 Å². The van der Waals surface area contributed by atoms with E-state index in [9.17, 15) is 0 Å². The van der Waals surface area contributed by atoms with Gasteiger partial charge in [-0.2, -0.15) is 10.2 Å². The average Bonchev–Trinajstić information content (AvgIpc) is 3.19. The second-order valence-electron chi connectivity index (χ2n) is 6.08. The van der Waals surface area contributed by atoms with Crippen LogP contribution in [0.5, 0.6) is 0 Å². The molecule has 1 saturated carbocycles. The summed E-state index contributed by atoms with van der Waals surface area (Å²) in [5.74, 6) is 2.47. The molecule has 2 heterocycles. The van der Waals surface area contributed by atoms with Gasteiger partial charge in [0.05, 0.1) is 11.4 Å². The molecule has 0 unspecified atom stereocenters. The Morgan fingerprint density at radius 1 is 1.09 bits per heavy atom. The molecule has 0 N–H and O–H groups in total. The summed E-state index contributed by atoms with van der Waals surface area (Å²) in [5.41, 5.74) is 4.29. The van der Waals surface area contributed by atoms with Crippen molar-refractivity contribution in [3.05, 3.63) is 47.5 Å². The first-order chi connectivity index (χ1) is 10.6. The van der Waals surface area contributed by atoms with E-state index in [-0.39, 0.29) is 0 Å². The summed E-state index contributed by atoms with van der Waals surface area (Å²) in [6.45, 7) is 4.08. The monoisotopic (exact) mass is 293 g/mol. The molecule has 0 saturated heterocycles. The van der Waals surface area contributed by atoms with Gasteiger partial charge in [0.25, 0.3) is 0 Å². The zero-order valence-corrected chi connectivity index (χ0v) is 13.1. The molecule has 4 rings (SSSR count). The summed E-state index contributed by atoms with van der Waals surface area (Å²) in [6.07, 6.45) is 2.44. The van der Waals surface area contributed by atoms with Crippen molar-refractivity contribution in [2.75, 3.05) is 0 Å². The van der Waals surface area contributed by atoms with Crippen molar-refractivity contribution < 1.29 is 0 Å². The van der Waals surface area contributed by atoms with Crippen molar-refractivity contribution in [1.82, 2.24) is 24.5 Å². The molecule has 1 fully saturated rings. The van der Waals surface area contributed by atoms with Gasteiger partial charge in [0.2, 0.25) is 0 Å². The van der Waals surface area contributed by atoms with Crippen LogP contribution in [-0.2, 0) is 7.05 Å². The van der Waals surface area contributed by atoms with Crippen LogP contribution in [-0.4, -0.2) is 24.5 Å². The van der Waals surface area contributed by atoms with Crippen molar-refractivity contribution in [1.29, 1.82) is 0 Å². The van der Waals surface area contributed by atoms with E-state index in [4.69, 9.17) is 4.98 Å². The third kappa shape index (κ3) is 2.22. The lowest BCUT2D eigenvalue weighted by Crippen LogP contribution is -2.00. The van der Waals surface area contributed by atoms with Crippen LogP contribution in [0.1, 0.15) is 36.0 Å². The summed E-state index contributed by atoms with van der Waals surface area (Å²) in [6, 6.07) is 10.4. The second kappa shape index (κ2) is 4.80. The van der Waals surface area contributed by atoms with Gasteiger partial charge in [0.15, 0.2) is 11.6 Å². The molecule has 0 aliphatic heterocycles. The SMILES string of the molecule is Cc1cc(C)n(-c2cccc(-c3nc(C4CC4)nn3C)c2)n1. The predicted octanol–water partition coefficient (Wildman–Crippen LogP) is 3.16. The van der Waals surface area contributed by atoms with Gasteiger partial charge in [-0.05, 0) is 44.9 Å². The Morgan fingerprint density at radius 2 is 1.91 bits per heavy atom. The number of aromatic nitrogens is 5. The van der Waals surface area contributed by atoms with E-state index in [0.29, 0.717) is 5.92 Å². The van der Waals surface area contributed by atoms with Crippen molar-refractivity contribution in [3.8, 4) is 17.1 Å². The molecule has 3 aromatic rings. The Labute approximate surface area is 129 Å². The maximum atomic E-state index is 4.73. The zero-order chi connectivity index (χ0) is 15.3. The number of rotatable bonds is 3. The highest BCUT2D eigenvalue weighted by Crippen LogP contribution is 2.38. The van der Waals surface area contributed by atoms with Crippen molar-refractivity contribution in [2.24, 2.45) is 7.05 Å². The van der Waals surface area contributed by atoms with Crippen LogP contribution in [0.4, 0.5) is 0 Å². The second-order valence-corrected chi connectivity index (χ2v) is 6.08. The van der Waals surface area contributed by atoms with E-state index in [0.717, 1.165) is 34.3 Å². The van der Waals surface area contributed by atoms with E-state index in [1.54, 1.807) is 0 Å². The lowest BCUT2D eigenvalue weighted by atomic mass is 10.2. The minimum Gasteiger partial charge on any atom is -0.249 e. The summed E-state index contributed by atoms with van der Waals surface area (Å²) in [5, 5.41) is 9.11. The van der Waals surface area contributed by atoms with Gasteiger partial charge < -0.3 is 0 Å². The molecule has 5 heteroatoms. The molecule has 0 atom stereocenters. The van der Waals surface area contributed by atoms with Gasteiger partial charge in [-0.15, -0.1) is 0 Å². The normalized spacial score (nSPS) is 14.5. The fourth-order valence-corrected chi connectivity index (χ4v) is 2.84. The molecular formula is C17H19N5. The highest BCUT2D eigenvalue weighted by Gasteiger charge is 2.28. The maximum absolute atomic E-state index is 4.73. The fraction of sp³-hybridized carbons (Fsp3) is 0.353. The number of benzene rings is 1. The third-order valence-corrected chi connectivity index (χ3v) is 4.08. The lowest BCUT2D eigenvalue weighted by Gasteiger charge is -2.06. The van der Waals surface area contributed by atoms with Crippen molar-refractivity contribution >= 4 is 0 Å². The van der Waals surface area contributed by atoms with Gasteiger partial charge in [0, 0.05) is 24.2 Å². The first-order valence-corrected chi connectivity index (χ1v) is 7.67. The molecule has 22 heavy (non-hydrogen) atoms. The smallest absolute Gasteiger partial charge is 0.158 e. The Balaban J connectivity index is 1.77. The lowest BCUT2D eigenvalue weighted by molar-refractivity contribution is 0.750. The molecule has 1 aliphatic carbocycles. The first kappa shape index (κ1) is 13.2. The Morgan fingerprint density at radius 3 is 2.59 bits per heavy atom. The average molecular weight is 293 g/mol. The van der Waals surface area contributed by atoms with Crippen LogP contribution >= 0.6 is 0 Å². The minimum absolute atomic E-state index is 0.569. The molecule has 0 bridgehead atoms. The molecule has 0 amide bonds. The van der Waals surface area contributed by atoms with Crippen LogP contribution in [0.3, 0.4) is 0 Å². The molecular weight excluding hydrogens is 274 g/mol. The summed E-state index contributed by atoms with van der Waals surface area (Å²) < 4.78 is 3.85. The van der Waals surface area contributed by atoms with E-state index in [2.05, 4.69) is 41.4 Å². The molecule has 1 aliphatic rings. The van der Waals surface area contributed by atoms with Gasteiger partial charge in [-0.1, -0.05) is 12.1 Å². The van der Waals surface area contributed by atoms with Crippen LogP contribution in [0.15, 0.2) is 30.3 Å². The maximum Gasteiger partial charge on any atom is 0.158 e. The standard InChI is InChI=1S/C17H19N5/c1-11-9-12(2)22(19-11)15-6-4-5-14(10-15)17-18-16(13-7-8-13)20-21(17)3/h4-6,9-10,13H,7-8H2,1-3H3. The quantitative estimate of drug-likeness (QED) is 0.745. The van der Waals surface area contributed by atoms with Gasteiger partial charge in [-0.25, -0.2) is 14.3 Å². The first-order valence-electron chi connectivity index (χ1n) is 7.67. The molecule has 2 aromatic heterocycles. The zero-order valence-electron chi connectivity index (χ0n) is 13.1. The molecule has 1 aromatic carbocycles. The Kier molecular flexibility index (Phi) is 2.89. The van der Waals surface area contributed by atoms with Crippen LogP contribution in [0, 0.1) is 13.8 Å². The molecule has 112 valence electrons. The van der Waals surface area contributed by atoms with Gasteiger partial charge in [-0.3, -0.25) is 0 Å². The number of nitrogens with zero attached hydrogens (tertiary/aromatic N) is 5. The highest BCUT2D eigenvalue weighted by atomic mass is 15.3. The van der Waals surface area contributed by atoms with Crippen molar-refractivity contribution in [3.63, 3.8) is 0 Å². The molecule has 0 radical (unpaired) electrons. The molecule has 5 nitrogen and oxygen atoms in total. The number of aryl methyl sites for hydroxylation is 3. The number of hydrogen-bond donors (Lipinski definition) is 0. The summed E-state index contributed by atoms with van der Waals surface area (Å²) in [7, 11) is 1.96. The largest absolute Gasteiger partial charge is 0.249 e. The van der Waals surface area contributed by atoms with Gasteiger partial charge in [0.1, 0.15) is 0 Å². The molecule has 0 spiro atoms. The fourth-order valence-electron chi connectivity index (χ4n) is 2.84. The van der Waals surface area contributed by atoms with Crippen molar-refractivity contribution in [2.45, 2.75) is 32.6 Å². The van der Waals surface area contributed by atoms with Crippen LogP contribution in [0.2, 0.25) is 0 Å². The number of hydrogen-bond acceptors (Lipinski definition) is 3. The highest BCUT2D eigenvalue weighted by molar-refractivity contribution is 5.59. The van der Waals surface area contributed by atoms with Crippen LogP contribution < -0.4 is 0 Å². The van der Waals surface area contributed by atoms with E-state index < -0.39 is 0 Å².